The monoisotopic (exact) mass is 369 g/mol. The van der Waals surface area contributed by atoms with E-state index in [9.17, 15) is 14.0 Å². The van der Waals surface area contributed by atoms with Crippen LogP contribution in [0.4, 0.5) is 4.39 Å². The molecule has 0 aromatic heterocycles. The number of carbonyl (C=O) groups excluding carboxylic acids is 2. The van der Waals surface area contributed by atoms with Crippen LogP contribution in [0.1, 0.15) is 63.4 Å². The van der Waals surface area contributed by atoms with Crippen molar-refractivity contribution in [1.29, 1.82) is 0 Å². The Morgan fingerprint density at radius 2 is 1.96 bits per heavy atom. The number of ketones is 1. The zero-order valence-corrected chi connectivity index (χ0v) is 15.5. The van der Waals surface area contributed by atoms with Gasteiger partial charge in [-0.2, -0.15) is 0 Å². The summed E-state index contributed by atoms with van der Waals surface area (Å²) >= 11 is 0. The van der Waals surface area contributed by atoms with Gasteiger partial charge in [0.1, 0.15) is 11.9 Å². The first kappa shape index (κ1) is 18.0. The zero-order chi connectivity index (χ0) is 19.0. The second kappa shape index (κ2) is 7.29. The first-order valence-corrected chi connectivity index (χ1v) is 9.75. The molecule has 27 heavy (non-hydrogen) atoms. The number of benzene rings is 1. The predicted molar refractivity (Wildman–Crippen MR) is 99.2 cm³/mol. The number of dihydropyridines is 1. The Morgan fingerprint density at radius 3 is 2.70 bits per heavy atom. The third-order valence-corrected chi connectivity index (χ3v) is 5.75. The number of hydrogen-bond donors (Lipinski definition) is 1. The molecule has 0 amide bonds. The first-order valence-electron chi connectivity index (χ1n) is 9.75. The molecule has 1 aliphatic heterocycles. The molecule has 0 radical (unpaired) electrons. The number of carbonyl (C=O) groups is 2. The van der Waals surface area contributed by atoms with Crippen LogP contribution in [0.25, 0.3) is 0 Å². The van der Waals surface area contributed by atoms with Gasteiger partial charge in [-0.25, -0.2) is 9.18 Å². The zero-order valence-electron chi connectivity index (χ0n) is 15.5. The van der Waals surface area contributed by atoms with Gasteiger partial charge in [0.15, 0.2) is 5.78 Å². The number of Topliss-reactive ketones (excluding diaryl/α,β-unsaturated/α-hetero) is 1. The number of nitrogens with one attached hydrogen (secondary N) is 1. The lowest BCUT2D eigenvalue weighted by Crippen LogP contribution is -2.35. The largest absolute Gasteiger partial charge is 0.459 e. The Hall–Kier alpha value is -2.43. The highest BCUT2D eigenvalue weighted by Gasteiger charge is 2.39. The molecule has 1 N–H and O–H groups in total. The SMILES string of the molecule is CC1=C(C(=O)OC2CCCC2)C(c2cccc(F)c2)C2=C(CCCC2=O)N1. The normalized spacial score (nSPS) is 23.3. The van der Waals surface area contributed by atoms with Gasteiger partial charge in [-0.15, -0.1) is 0 Å². The van der Waals surface area contributed by atoms with Crippen molar-refractivity contribution in [3.8, 4) is 0 Å². The molecular formula is C22H24FNO3. The molecular weight excluding hydrogens is 345 g/mol. The average Bonchev–Trinajstić information content (AvgIpc) is 3.13. The molecule has 1 fully saturated rings. The van der Waals surface area contributed by atoms with E-state index in [1.54, 1.807) is 12.1 Å². The fourth-order valence-corrected chi connectivity index (χ4v) is 4.49. The second-order valence-corrected chi connectivity index (χ2v) is 7.63. The Labute approximate surface area is 158 Å². The summed E-state index contributed by atoms with van der Waals surface area (Å²) in [5, 5.41) is 3.26. The molecule has 1 atom stereocenters. The van der Waals surface area contributed by atoms with E-state index in [1.807, 2.05) is 6.92 Å². The third-order valence-electron chi connectivity index (χ3n) is 5.75. The van der Waals surface area contributed by atoms with Crippen LogP contribution in [-0.2, 0) is 14.3 Å². The minimum atomic E-state index is -0.571. The maximum atomic E-state index is 13.9. The van der Waals surface area contributed by atoms with Crippen molar-refractivity contribution in [3.63, 3.8) is 0 Å². The molecule has 0 spiro atoms. The van der Waals surface area contributed by atoms with Gasteiger partial charge in [-0.1, -0.05) is 12.1 Å². The van der Waals surface area contributed by atoms with Crippen molar-refractivity contribution in [3.05, 3.63) is 58.2 Å². The van der Waals surface area contributed by atoms with Gasteiger partial charge >= 0.3 is 5.97 Å². The number of allylic oxidation sites excluding steroid dienone is 3. The highest BCUT2D eigenvalue weighted by molar-refractivity contribution is 6.03. The van der Waals surface area contributed by atoms with Crippen LogP contribution < -0.4 is 5.32 Å². The van der Waals surface area contributed by atoms with Crippen LogP contribution >= 0.6 is 0 Å². The maximum Gasteiger partial charge on any atom is 0.337 e. The molecule has 1 unspecified atom stereocenters. The Kier molecular flexibility index (Phi) is 4.85. The topological polar surface area (TPSA) is 55.4 Å². The van der Waals surface area contributed by atoms with E-state index in [1.165, 1.54) is 12.1 Å². The van der Waals surface area contributed by atoms with Crippen molar-refractivity contribution >= 4 is 11.8 Å². The number of hydrogen-bond acceptors (Lipinski definition) is 4. The van der Waals surface area contributed by atoms with Gasteiger partial charge in [0.25, 0.3) is 0 Å². The van der Waals surface area contributed by atoms with Crippen molar-refractivity contribution in [2.45, 2.75) is 63.9 Å². The van der Waals surface area contributed by atoms with E-state index in [0.29, 0.717) is 28.8 Å². The third kappa shape index (κ3) is 3.43. The minimum absolute atomic E-state index is 0.0247. The number of ether oxygens (including phenoxy) is 1. The minimum Gasteiger partial charge on any atom is -0.459 e. The molecule has 3 aliphatic rings. The molecule has 1 saturated carbocycles. The molecule has 4 nitrogen and oxygen atoms in total. The Balaban J connectivity index is 1.77. The summed E-state index contributed by atoms with van der Waals surface area (Å²) in [6.07, 6.45) is 5.82. The summed E-state index contributed by atoms with van der Waals surface area (Å²) in [6.45, 7) is 1.83. The van der Waals surface area contributed by atoms with Crippen molar-refractivity contribution in [1.82, 2.24) is 5.32 Å². The highest BCUT2D eigenvalue weighted by Crippen LogP contribution is 2.43. The average molecular weight is 369 g/mol. The van der Waals surface area contributed by atoms with Crippen LogP contribution in [0.3, 0.4) is 0 Å². The maximum absolute atomic E-state index is 13.9. The fraction of sp³-hybridized carbons (Fsp3) is 0.455. The van der Waals surface area contributed by atoms with Crippen LogP contribution in [0.5, 0.6) is 0 Å². The predicted octanol–water partition coefficient (Wildman–Crippen LogP) is 4.28. The van der Waals surface area contributed by atoms with Crippen LogP contribution in [-0.4, -0.2) is 17.9 Å². The molecule has 1 heterocycles. The molecule has 1 aromatic carbocycles. The van der Waals surface area contributed by atoms with Crippen molar-refractivity contribution in [2.24, 2.45) is 0 Å². The van der Waals surface area contributed by atoms with E-state index in [2.05, 4.69) is 5.32 Å². The van der Waals surface area contributed by atoms with Crippen LogP contribution in [0.2, 0.25) is 0 Å². The number of rotatable bonds is 3. The van der Waals surface area contributed by atoms with Gasteiger partial charge < -0.3 is 10.1 Å². The summed E-state index contributed by atoms with van der Waals surface area (Å²) in [5.74, 6) is -1.32. The summed E-state index contributed by atoms with van der Waals surface area (Å²) in [5.41, 5.74) is 3.20. The summed E-state index contributed by atoms with van der Waals surface area (Å²) in [6, 6.07) is 6.19. The standard InChI is InChI=1S/C22H24FNO3/c1-13-19(22(26)27-16-8-2-3-9-16)20(14-6-4-7-15(23)12-14)21-17(24-13)10-5-11-18(21)25/h4,6-7,12,16,20,24H,2-3,5,8-11H2,1H3. The first-order chi connectivity index (χ1) is 13.0. The lowest BCUT2D eigenvalue weighted by molar-refractivity contribution is -0.144. The fourth-order valence-electron chi connectivity index (χ4n) is 4.49. The summed E-state index contributed by atoms with van der Waals surface area (Å²) in [4.78, 5) is 25.8. The van der Waals surface area contributed by atoms with E-state index in [4.69, 9.17) is 4.74 Å². The summed E-state index contributed by atoms with van der Waals surface area (Å²) in [7, 11) is 0. The van der Waals surface area contributed by atoms with Crippen molar-refractivity contribution < 1.29 is 18.7 Å². The molecule has 1 aromatic rings. The Bertz CT molecular complexity index is 849. The number of esters is 1. The highest BCUT2D eigenvalue weighted by atomic mass is 19.1. The lowest BCUT2D eigenvalue weighted by Gasteiger charge is -2.34. The molecule has 4 rings (SSSR count). The van der Waals surface area contributed by atoms with Gasteiger partial charge in [0.05, 0.1) is 5.57 Å². The van der Waals surface area contributed by atoms with Gasteiger partial charge in [-0.05, 0) is 63.1 Å². The molecule has 0 bridgehead atoms. The van der Waals surface area contributed by atoms with Gasteiger partial charge in [0, 0.05) is 29.3 Å². The quantitative estimate of drug-likeness (QED) is 0.808. The van der Waals surface area contributed by atoms with E-state index < -0.39 is 11.9 Å². The van der Waals surface area contributed by atoms with Crippen molar-refractivity contribution in [2.75, 3.05) is 0 Å². The van der Waals surface area contributed by atoms with Gasteiger partial charge in [0.2, 0.25) is 0 Å². The summed E-state index contributed by atoms with van der Waals surface area (Å²) < 4.78 is 19.7. The number of halogens is 1. The van der Waals surface area contributed by atoms with Crippen LogP contribution in [0.15, 0.2) is 46.8 Å². The lowest BCUT2D eigenvalue weighted by atomic mass is 9.75. The van der Waals surface area contributed by atoms with Gasteiger partial charge in [-0.3, -0.25) is 4.79 Å². The Morgan fingerprint density at radius 1 is 1.19 bits per heavy atom. The van der Waals surface area contributed by atoms with E-state index in [-0.39, 0.29) is 17.7 Å². The van der Waals surface area contributed by atoms with E-state index in [0.717, 1.165) is 44.2 Å². The van der Waals surface area contributed by atoms with Crippen LogP contribution in [0, 0.1) is 5.82 Å². The molecule has 0 saturated heterocycles. The smallest absolute Gasteiger partial charge is 0.337 e. The molecule has 142 valence electrons. The molecule has 5 heteroatoms. The second-order valence-electron chi connectivity index (χ2n) is 7.63. The van der Waals surface area contributed by atoms with E-state index >= 15 is 0 Å². The molecule has 2 aliphatic carbocycles.